The average Bonchev–Trinajstić information content (AvgIpc) is 2.29. The van der Waals surface area contributed by atoms with Gasteiger partial charge in [-0.2, -0.15) is 0 Å². The summed E-state index contributed by atoms with van der Waals surface area (Å²) < 4.78 is 31.7. The van der Waals surface area contributed by atoms with Gasteiger partial charge in [-0.05, 0) is 12.3 Å². The first kappa shape index (κ1) is 23.2. The molecular formula is C15H31NaO3S. The summed E-state index contributed by atoms with van der Waals surface area (Å²) in [7, 11) is -4.04. The van der Waals surface area contributed by atoms with Crippen LogP contribution in [-0.2, 0) is 10.1 Å². The van der Waals surface area contributed by atoms with Gasteiger partial charge < -0.3 is 4.55 Å². The second-order valence-electron chi connectivity index (χ2n) is 5.80. The third-order valence-corrected chi connectivity index (χ3v) is 4.52. The van der Waals surface area contributed by atoms with Crippen molar-refractivity contribution in [2.24, 2.45) is 5.92 Å². The van der Waals surface area contributed by atoms with Gasteiger partial charge in [0.2, 0.25) is 0 Å². The fraction of sp³-hybridized carbons (Fsp3) is 1.00. The third-order valence-electron chi connectivity index (χ3n) is 3.54. The van der Waals surface area contributed by atoms with Gasteiger partial charge in [-0.25, -0.2) is 8.42 Å². The van der Waals surface area contributed by atoms with Gasteiger partial charge in [0.25, 0.3) is 0 Å². The Balaban J connectivity index is 0. The molecule has 0 heterocycles. The number of unbranched alkanes of at least 4 members (excludes halogenated alkanes) is 9. The molecule has 1 unspecified atom stereocenters. The Morgan fingerprint density at radius 2 is 1.25 bits per heavy atom. The van der Waals surface area contributed by atoms with E-state index >= 15 is 0 Å². The molecule has 0 aromatic carbocycles. The van der Waals surface area contributed by atoms with Crippen molar-refractivity contribution in [3.05, 3.63) is 0 Å². The fourth-order valence-corrected chi connectivity index (χ4v) is 3.28. The molecule has 0 spiro atoms. The summed E-state index contributed by atoms with van der Waals surface area (Å²) in [4.78, 5) is 0. The summed E-state index contributed by atoms with van der Waals surface area (Å²) >= 11 is 0. The molecule has 0 N–H and O–H groups in total. The average molecular weight is 314 g/mol. The largest absolute Gasteiger partial charge is 1.00 e. The van der Waals surface area contributed by atoms with E-state index in [9.17, 15) is 13.0 Å². The van der Waals surface area contributed by atoms with Gasteiger partial charge in [0, 0.05) is 5.75 Å². The van der Waals surface area contributed by atoms with Crippen molar-refractivity contribution in [3.63, 3.8) is 0 Å². The monoisotopic (exact) mass is 314 g/mol. The maximum Gasteiger partial charge on any atom is 1.00 e. The molecule has 0 radical (unpaired) electrons. The summed E-state index contributed by atoms with van der Waals surface area (Å²) in [5.74, 6) is -0.193. The Morgan fingerprint density at radius 3 is 1.65 bits per heavy atom. The van der Waals surface area contributed by atoms with E-state index in [-0.39, 0.29) is 41.2 Å². The maximum atomic E-state index is 10.6. The summed E-state index contributed by atoms with van der Waals surface area (Å²) in [5.41, 5.74) is 0. The van der Waals surface area contributed by atoms with Crippen LogP contribution in [0, 0.1) is 5.92 Å². The molecule has 0 aromatic rings. The Hall–Kier alpha value is 0.910. The van der Waals surface area contributed by atoms with Crippen molar-refractivity contribution in [2.45, 2.75) is 84.5 Å². The summed E-state index contributed by atoms with van der Waals surface area (Å²) in [6.45, 7) is 4.09. The van der Waals surface area contributed by atoms with Crippen LogP contribution >= 0.6 is 0 Å². The van der Waals surface area contributed by atoms with E-state index in [1.165, 1.54) is 51.4 Å². The quantitative estimate of drug-likeness (QED) is 0.294. The number of rotatable bonds is 13. The molecule has 20 heavy (non-hydrogen) atoms. The molecule has 0 amide bonds. The minimum absolute atomic E-state index is 0. The Bertz CT molecular complexity index is 291. The van der Waals surface area contributed by atoms with Crippen molar-refractivity contribution in [1.29, 1.82) is 0 Å². The van der Waals surface area contributed by atoms with Crippen LogP contribution in [0.25, 0.3) is 0 Å². The topological polar surface area (TPSA) is 57.2 Å². The van der Waals surface area contributed by atoms with Crippen molar-refractivity contribution >= 4 is 10.1 Å². The smallest absolute Gasteiger partial charge is 0.748 e. The normalized spacial score (nSPS) is 12.9. The van der Waals surface area contributed by atoms with Crippen molar-refractivity contribution < 1.29 is 42.5 Å². The van der Waals surface area contributed by atoms with Crippen molar-refractivity contribution in [2.75, 3.05) is 5.75 Å². The molecule has 0 bridgehead atoms. The van der Waals surface area contributed by atoms with Crippen LogP contribution in [0.3, 0.4) is 0 Å². The van der Waals surface area contributed by atoms with Crippen molar-refractivity contribution in [3.8, 4) is 0 Å². The molecule has 0 aliphatic rings. The van der Waals surface area contributed by atoms with E-state index in [0.29, 0.717) is 0 Å². The second kappa shape index (κ2) is 14.8. The van der Waals surface area contributed by atoms with E-state index in [1.807, 2.05) is 6.92 Å². The third kappa shape index (κ3) is 18.9. The van der Waals surface area contributed by atoms with E-state index in [0.717, 1.165) is 19.3 Å². The van der Waals surface area contributed by atoms with Gasteiger partial charge >= 0.3 is 29.6 Å². The Morgan fingerprint density at radius 1 is 0.850 bits per heavy atom. The predicted molar refractivity (Wildman–Crippen MR) is 80.2 cm³/mol. The Labute approximate surface area is 148 Å². The molecule has 0 saturated carbocycles. The second-order valence-corrected chi connectivity index (χ2v) is 7.25. The van der Waals surface area contributed by atoms with Crippen LogP contribution < -0.4 is 29.6 Å². The summed E-state index contributed by atoms with van der Waals surface area (Å²) in [6, 6.07) is 0. The van der Waals surface area contributed by atoms with E-state index in [1.54, 1.807) is 0 Å². The van der Waals surface area contributed by atoms with Gasteiger partial charge in [-0.3, -0.25) is 0 Å². The van der Waals surface area contributed by atoms with Crippen LogP contribution in [0.1, 0.15) is 84.5 Å². The van der Waals surface area contributed by atoms with Gasteiger partial charge in [-0.1, -0.05) is 78.1 Å². The zero-order valence-electron chi connectivity index (χ0n) is 13.7. The molecular weight excluding hydrogens is 283 g/mol. The molecule has 5 heteroatoms. The van der Waals surface area contributed by atoms with E-state index in [2.05, 4.69) is 6.92 Å². The van der Waals surface area contributed by atoms with Crippen molar-refractivity contribution in [1.82, 2.24) is 0 Å². The van der Waals surface area contributed by atoms with Gasteiger partial charge in [-0.15, -0.1) is 0 Å². The number of hydrogen-bond acceptors (Lipinski definition) is 3. The molecule has 116 valence electrons. The molecule has 3 nitrogen and oxygen atoms in total. The molecule has 0 fully saturated rings. The molecule has 0 aliphatic carbocycles. The van der Waals surface area contributed by atoms with Gasteiger partial charge in [0.15, 0.2) is 0 Å². The number of hydrogen-bond donors (Lipinski definition) is 0. The zero-order chi connectivity index (χ0) is 14.6. The predicted octanol–water partition coefficient (Wildman–Crippen LogP) is 1.48. The first-order valence-electron chi connectivity index (χ1n) is 7.89. The molecule has 0 rings (SSSR count). The maximum absolute atomic E-state index is 10.6. The molecule has 0 saturated heterocycles. The Kier molecular flexibility index (Phi) is 17.2. The molecule has 0 aromatic heterocycles. The van der Waals surface area contributed by atoms with Crippen LogP contribution in [-0.4, -0.2) is 18.7 Å². The first-order valence-corrected chi connectivity index (χ1v) is 9.47. The zero-order valence-corrected chi connectivity index (χ0v) is 16.5. The standard InChI is InChI=1S/C15H32O3S.Na/c1-3-4-5-6-7-8-9-10-11-12-13-15(2)14-19(16,17)18;/h15H,3-14H2,1-2H3,(H,16,17,18);/q;+1/p-1. The van der Waals surface area contributed by atoms with Crippen LogP contribution in [0.15, 0.2) is 0 Å². The van der Waals surface area contributed by atoms with Crippen LogP contribution in [0.5, 0.6) is 0 Å². The van der Waals surface area contributed by atoms with Gasteiger partial charge in [0.1, 0.15) is 0 Å². The van der Waals surface area contributed by atoms with Gasteiger partial charge in [0.05, 0.1) is 10.1 Å². The van der Waals surface area contributed by atoms with Crippen LogP contribution in [0.2, 0.25) is 0 Å². The molecule has 1 atom stereocenters. The first-order chi connectivity index (χ1) is 8.95. The SMILES string of the molecule is CCCCCCCCCCCCC(C)CS(=O)(=O)[O-].[Na+]. The van der Waals surface area contributed by atoms with E-state index < -0.39 is 10.1 Å². The summed E-state index contributed by atoms with van der Waals surface area (Å²) in [6.07, 6.45) is 13.7. The fourth-order valence-electron chi connectivity index (χ4n) is 2.41. The summed E-state index contributed by atoms with van der Waals surface area (Å²) in [5, 5.41) is 0. The van der Waals surface area contributed by atoms with Crippen LogP contribution in [0.4, 0.5) is 0 Å². The molecule has 0 aliphatic heterocycles. The minimum atomic E-state index is -4.04. The minimum Gasteiger partial charge on any atom is -0.748 e. The van der Waals surface area contributed by atoms with E-state index in [4.69, 9.17) is 0 Å².